The van der Waals surface area contributed by atoms with Crippen LogP contribution in [0.25, 0.3) is 0 Å². The number of ether oxygens (including phenoxy) is 1. The zero-order valence-corrected chi connectivity index (χ0v) is 19.1. The molecule has 2 aromatic carbocycles. The number of alkyl halides is 6. The van der Waals surface area contributed by atoms with Crippen molar-refractivity contribution in [1.82, 2.24) is 4.90 Å². The Hall–Kier alpha value is -2.85. The van der Waals surface area contributed by atoms with E-state index in [1.807, 2.05) is 18.2 Å². The second-order valence-electron chi connectivity index (χ2n) is 8.24. The van der Waals surface area contributed by atoms with Crippen LogP contribution in [0.15, 0.2) is 66.0 Å². The number of likely N-dealkylation sites (tertiary alicyclic amines) is 1. The van der Waals surface area contributed by atoms with Gasteiger partial charge in [-0.1, -0.05) is 36.4 Å². The lowest BCUT2D eigenvalue weighted by molar-refractivity contribution is -0.143. The summed E-state index contributed by atoms with van der Waals surface area (Å²) < 4.78 is 85.4. The minimum atomic E-state index is -4.93. The van der Waals surface area contributed by atoms with Gasteiger partial charge in [-0.05, 0) is 53.6 Å². The fraction of sp³-hybridized carbons (Fsp3) is 0.320. The normalized spacial score (nSPS) is 19.1. The SMILES string of the molecule is O=C(c1cccs1)N1CCC[C@@H](OCc2cc(C(F)(F)F)cc(C(F)(F)F)c2)[C@H]1c1ccccc1. The number of rotatable bonds is 5. The molecule has 0 radical (unpaired) electrons. The van der Waals surface area contributed by atoms with E-state index in [1.54, 1.807) is 34.5 Å². The molecule has 1 aliphatic rings. The summed E-state index contributed by atoms with van der Waals surface area (Å²) in [6.07, 6.45) is -9.39. The number of piperidine rings is 1. The quantitative estimate of drug-likeness (QED) is 0.334. The number of carbonyl (C=O) groups is 1. The van der Waals surface area contributed by atoms with Crippen LogP contribution in [0, 0.1) is 0 Å². The lowest BCUT2D eigenvalue weighted by Gasteiger charge is -2.41. The molecule has 4 rings (SSSR count). The molecule has 0 aliphatic carbocycles. The molecular weight excluding hydrogens is 492 g/mol. The standard InChI is InChI=1S/C25H21F6NO2S/c26-24(27,28)18-12-16(13-19(14-18)25(29,30)31)15-34-20-8-4-10-32(23(33)21-9-5-11-35-21)22(20)17-6-2-1-3-7-17/h1-3,5-7,9,11-14,20,22H,4,8,10,15H2/t20-,22-/m1/s1. The van der Waals surface area contributed by atoms with E-state index in [4.69, 9.17) is 4.74 Å². The second kappa shape index (κ2) is 10.0. The van der Waals surface area contributed by atoms with Crippen LogP contribution in [0.1, 0.15) is 50.8 Å². The van der Waals surface area contributed by atoms with Crippen molar-refractivity contribution in [2.24, 2.45) is 0 Å². The van der Waals surface area contributed by atoms with Crippen molar-refractivity contribution >= 4 is 17.2 Å². The van der Waals surface area contributed by atoms with Crippen LogP contribution in [-0.4, -0.2) is 23.5 Å². The van der Waals surface area contributed by atoms with Crippen molar-refractivity contribution in [2.45, 2.75) is 43.9 Å². The Balaban J connectivity index is 1.63. The highest BCUT2D eigenvalue weighted by atomic mass is 32.1. The van der Waals surface area contributed by atoms with Gasteiger partial charge in [0.1, 0.15) is 0 Å². The molecule has 3 nitrogen and oxygen atoms in total. The molecule has 1 amide bonds. The minimum Gasteiger partial charge on any atom is -0.371 e. The van der Waals surface area contributed by atoms with E-state index in [-0.39, 0.29) is 17.5 Å². The lowest BCUT2D eigenvalue weighted by atomic mass is 9.92. The highest BCUT2D eigenvalue weighted by Crippen LogP contribution is 2.38. The van der Waals surface area contributed by atoms with Gasteiger partial charge < -0.3 is 9.64 Å². The van der Waals surface area contributed by atoms with Crippen LogP contribution in [-0.2, 0) is 23.7 Å². The van der Waals surface area contributed by atoms with Gasteiger partial charge in [0.15, 0.2) is 0 Å². The zero-order chi connectivity index (χ0) is 25.2. The Morgan fingerprint density at radius 1 is 0.943 bits per heavy atom. The van der Waals surface area contributed by atoms with Crippen LogP contribution in [0.5, 0.6) is 0 Å². The number of thiophene rings is 1. The summed E-state index contributed by atoms with van der Waals surface area (Å²) in [7, 11) is 0. The summed E-state index contributed by atoms with van der Waals surface area (Å²) in [6, 6.07) is 13.4. The molecule has 35 heavy (non-hydrogen) atoms. The summed E-state index contributed by atoms with van der Waals surface area (Å²) in [4.78, 5) is 15.4. The maximum absolute atomic E-state index is 13.2. The van der Waals surface area contributed by atoms with Crippen LogP contribution in [0.4, 0.5) is 26.3 Å². The van der Waals surface area contributed by atoms with Crippen LogP contribution >= 0.6 is 11.3 Å². The molecule has 0 saturated carbocycles. The summed E-state index contributed by atoms with van der Waals surface area (Å²) >= 11 is 1.30. The van der Waals surface area contributed by atoms with Crippen LogP contribution < -0.4 is 0 Å². The molecule has 1 aliphatic heterocycles. The molecule has 10 heteroatoms. The second-order valence-corrected chi connectivity index (χ2v) is 9.18. The van der Waals surface area contributed by atoms with Crippen molar-refractivity contribution in [1.29, 1.82) is 0 Å². The molecule has 1 fully saturated rings. The van der Waals surface area contributed by atoms with Gasteiger partial charge in [0.05, 0.1) is 34.8 Å². The first-order chi connectivity index (χ1) is 16.5. The van der Waals surface area contributed by atoms with Gasteiger partial charge in [0, 0.05) is 6.54 Å². The molecule has 0 N–H and O–H groups in total. The first-order valence-corrected chi connectivity index (χ1v) is 11.7. The number of nitrogens with zero attached hydrogens (tertiary/aromatic N) is 1. The first-order valence-electron chi connectivity index (χ1n) is 10.8. The maximum Gasteiger partial charge on any atom is 0.416 e. The van der Waals surface area contributed by atoms with E-state index in [9.17, 15) is 31.1 Å². The fourth-order valence-electron chi connectivity index (χ4n) is 4.26. The molecule has 1 saturated heterocycles. The fourth-order valence-corrected chi connectivity index (χ4v) is 4.93. The predicted molar refractivity (Wildman–Crippen MR) is 119 cm³/mol. The van der Waals surface area contributed by atoms with Gasteiger partial charge in [-0.25, -0.2) is 0 Å². The van der Waals surface area contributed by atoms with E-state index in [0.29, 0.717) is 36.4 Å². The molecule has 186 valence electrons. The number of halogens is 6. The van der Waals surface area contributed by atoms with E-state index >= 15 is 0 Å². The van der Waals surface area contributed by atoms with Crippen molar-refractivity contribution in [2.75, 3.05) is 6.54 Å². The Kier molecular flexibility index (Phi) is 7.23. The average molecular weight is 514 g/mol. The largest absolute Gasteiger partial charge is 0.416 e. The van der Waals surface area contributed by atoms with Crippen molar-refractivity contribution in [3.63, 3.8) is 0 Å². The average Bonchev–Trinajstić information content (AvgIpc) is 3.36. The third-order valence-corrected chi connectivity index (χ3v) is 6.68. The number of carbonyl (C=O) groups excluding carboxylic acids is 1. The van der Waals surface area contributed by atoms with Crippen molar-refractivity contribution in [3.05, 3.63) is 93.2 Å². The molecule has 1 aromatic heterocycles. The Morgan fingerprint density at radius 2 is 1.60 bits per heavy atom. The lowest BCUT2D eigenvalue weighted by Crippen LogP contribution is -2.45. The molecule has 2 heterocycles. The molecule has 0 spiro atoms. The highest BCUT2D eigenvalue weighted by molar-refractivity contribution is 7.12. The number of hydrogen-bond acceptors (Lipinski definition) is 3. The Labute approximate surface area is 201 Å². The van der Waals surface area contributed by atoms with Gasteiger partial charge in [-0.15, -0.1) is 11.3 Å². The third kappa shape index (κ3) is 5.87. The molecule has 3 aromatic rings. The van der Waals surface area contributed by atoms with Crippen molar-refractivity contribution < 1.29 is 35.9 Å². The van der Waals surface area contributed by atoms with Gasteiger partial charge in [-0.2, -0.15) is 26.3 Å². The van der Waals surface area contributed by atoms with Gasteiger partial charge in [-0.3, -0.25) is 4.79 Å². The van der Waals surface area contributed by atoms with Gasteiger partial charge in [0.2, 0.25) is 0 Å². The topological polar surface area (TPSA) is 29.5 Å². The summed E-state index contributed by atoms with van der Waals surface area (Å²) in [6.45, 7) is -0.0000320. The highest BCUT2D eigenvalue weighted by Gasteiger charge is 2.39. The van der Waals surface area contributed by atoms with Crippen LogP contribution in [0.2, 0.25) is 0 Å². The predicted octanol–water partition coefficient (Wildman–Crippen LogP) is 7.35. The number of amides is 1. The van der Waals surface area contributed by atoms with Crippen molar-refractivity contribution in [3.8, 4) is 0 Å². The summed E-state index contributed by atoms with van der Waals surface area (Å²) in [5, 5.41) is 1.79. The van der Waals surface area contributed by atoms with Gasteiger partial charge in [0.25, 0.3) is 5.91 Å². The van der Waals surface area contributed by atoms with E-state index < -0.39 is 42.2 Å². The van der Waals surface area contributed by atoms with Crippen LogP contribution in [0.3, 0.4) is 0 Å². The maximum atomic E-state index is 13.2. The van der Waals surface area contributed by atoms with Gasteiger partial charge >= 0.3 is 12.4 Å². The smallest absolute Gasteiger partial charge is 0.371 e. The number of hydrogen-bond donors (Lipinski definition) is 0. The third-order valence-electron chi connectivity index (χ3n) is 5.82. The molecule has 0 unspecified atom stereocenters. The molecule has 0 bridgehead atoms. The number of benzene rings is 2. The van der Waals surface area contributed by atoms with E-state index in [0.717, 1.165) is 5.56 Å². The zero-order valence-electron chi connectivity index (χ0n) is 18.3. The Morgan fingerprint density at radius 3 is 2.17 bits per heavy atom. The minimum absolute atomic E-state index is 0.0955. The monoisotopic (exact) mass is 513 g/mol. The van der Waals surface area contributed by atoms with E-state index in [2.05, 4.69) is 0 Å². The molecular formula is C25H21F6NO2S. The first kappa shape index (κ1) is 25.2. The summed E-state index contributed by atoms with van der Waals surface area (Å²) in [5.41, 5.74) is -2.23. The summed E-state index contributed by atoms with van der Waals surface area (Å²) in [5.74, 6) is -0.194. The van der Waals surface area contributed by atoms with E-state index in [1.165, 1.54) is 11.3 Å². The molecule has 2 atom stereocenters. The Bertz CT molecular complexity index is 1110.